The molecule has 1 aliphatic rings. The first-order chi connectivity index (χ1) is 6.38. The van der Waals surface area contributed by atoms with Crippen molar-refractivity contribution in [3.8, 4) is 0 Å². The smallest absolute Gasteiger partial charge is 0.273 e. The number of halogens is 3. The van der Waals surface area contributed by atoms with Crippen LogP contribution in [0.2, 0.25) is 0 Å². The fourth-order valence-corrected chi connectivity index (χ4v) is 1.55. The van der Waals surface area contributed by atoms with Crippen molar-refractivity contribution in [2.24, 2.45) is 11.0 Å². The number of hydrogen-bond donors (Lipinski definition) is 0. The molecule has 0 aromatic carbocycles. The highest BCUT2D eigenvalue weighted by molar-refractivity contribution is 5.57. The zero-order valence-corrected chi connectivity index (χ0v) is 8.41. The van der Waals surface area contributed by atoms with E-state index in [1.807, 2.05) is 0 Å². The lowest BCUT2D eigenvalue weighted by Gasteiger charge is -2.33. The van der Waals surface area contributed by atoms with Crippen LogP contribution in [0.1, 0.15) is 20.8 Å². The van der Waals surface area contributed by atoms with E-state index in [1.54, 1.807) is 20.8 Å². The molecular weight excluding hydrogens is 195 g/mol. The zero-order chi connectivity index (χ0) is 10.9. The van der Waals surface area contributed by atoms with Crippen LogP contribution in [0, 0.1) is 5.92 Å². The van der Waals surface area contributed by atoms with Crippen molar-refractivity contribution in [3.63, 3.8) is 0 Å². The molecular formula is C8H14F3N3. The van der Waals surface area contributed by atoms with Crippen LogP contribution in [0.3, 0.4) is 0 Å². The predicted molar refractivity (Wildman–Crippen MR) is 47.4 cm³/mol. The van der Waals surface area contributed by atoms with Crippen molar-refractivity contribution in [2.45, 2.75) is 33.2 Å². The van der Waals surface area contributed by atoms with Crippen molar-refractivity contribution in [2.75, 3.05) is 6.54 Å². The Balaban J connectivity index is 2.84. The van der Waals surface area contributed by atoms with E-state index in [0.717, 1.165) is 6.34 Å². The lowest BCUT2D eigenvalue weighted by atomic mass is 10.1. The molecule has 0 saturated carbocycles. The summed E-state index contributed by atoms with van der Waals surface area (Å²) < 4.78 is 37.5. The molecule has 6 heteroatoms. The van der Waals surface area contributed by atoms with Gasteiger partial charge in [-0.2, -0.15) is 5.10 Å². The van der Waals surface area contributed by atoms with Crippen LogP contribution in [0.15, 0.2) is 5.10 Å². The summed E-state index contributed by atoms with van der Waals surface area (Å²) in [6, 6.07) is 0. The lowest BCUT2D eigenvalue weighted by molar-refractivity contribution is -0.239. The molecule has 0 radical (unpaired) electrons. The summed E-state index contributed by atoms with van der Waals surface area (Å²) in [6.07, 6.45) is -4.20. The standard InChI is InChI=1S/C8H14F3N3/c1-4-14-7(6(2)3)13(5-12-14)8(9,10)11/h5-7H,4H2,1-3H3. The molecule has 0 saturated heterocycles. The first-order valence-corrected chi connectivity index (χ1v) is 4.53. The largest absolute Gasteiger partial charge is 0.487 e. The van der Waals surface area contributed by atoms with Crippen molar-refractivity contribution < 1.29 is 13.2 Å². The van der Waals surface area contributed by atoms with Crippen LogP contribution in [0.5, 0.6) is 0 Å². The number of alkyl halides is 3. The number of nitrogens with zero attached hydrogens (tertiary/aromatic N) is 3. The fourth-order valence-electron chi connectivity index (χ4n) is 1.55. The molecule has 1 rings (SSSR count). The molecule has 0 fully saturated rings. The van der Waals surface area contributed by atoms with E-state index in [1.165, 1.54) is 5.01 Å². The number of rotatable bonds is 2. The number of hydrogen-bond acceptors (Lipinski definition) is 3. The maximum atomic E-state index is 12.5. The zero-order valence-electron chi connectivity index (χ0n) is 8.41. The van der Waals surface area contributed by atoms with Crippen LogP contribution in [0.4, 0.5) is 13.2 Å². The Bertz CT molecular complexity index is 224. The molecule has 0 aliphatic carbocycles. The Kier molecular flexibility index (Phi) is 2.92. The Morgan fingerprint density at radius 3 is 2.36 bits per heavy atom. The van der Waals surface area contributed by atoms with Gasteiger partial charge in [-0.15, -0.1) is 13.2 Å². The maximum Gasteiger partial charge on any atom is 0.487 e. The third-order valence-corrected chi connectivity index (χ3v) is 2.13. The monoisotopic (exact) mass is 209 g/mol. The van der Waals surface area contributed by atoms with Gasteiger partial charge in [-0.1, -0.05) is 13.8 Å². The van der Waals surface area contributed by atoms with Gasteiger partial charge in [-0.3, -0.25) is 9.91 Å². The van der Waals surface area contributed by atoms with Crippen molar-refractivity contribution in [3.05, 3.63) is 0 Å². The van der Waals surface area contributed by atoms with E-state index in [-0.39, 0.29) is 5.92 Å². The van der Waals surface area contributed by atoms with E-state index in [4.69, 9.17) is 0 Å². The van der Waals surface area contributed by atoms with Gasteiger partial charge in [0.1, 0.15) is 12.5 Å². The molecule has 3 nitrogen and oxygen atoms in total. The minimum atomic E-state index is -4.34. The third kappa shape index (κ3) is 1.93. The second-order valence-electron chi connectivity index (χ2n) is 3.52. The van der Waals surface area contributed by atoms with Gasteiger partial charge in [0.05, 0.1) is 0 Å². The molecule has 0 spiro atoms. The molecule has 0 N–H and O–H groups in total. The topological polar surface area (TPSA) is 18.8 Å². The summed E-state index contributed by atoms with van der Waals surface area (Å²) in [4.78, 5) is 0.348. The van der Waals surface area contributed by atoms with E-state index < -0.39 is 12.5 Å². The Hall–Kier alpha value is -0.940. The SMILES string of the molecule is CCN1N=CN(C(F)(F)F)C1C(C)C. The van der Waals surface area contributed by atoms with E-state index in [9.17, 15) is 13.2 Å². The average Bonchev–Trinajstić information content (AvgIpc) is 2.45. The number of hydrazone groups is 1. The van der Waals surface area contributed by atoms with Crippen LogP contribution in [-0.4, -0.2) is 35.3 Å². The van der Waals surface area contributed by atoms with Gasteiger partial charge in [0.15, 0.2) is 0 Å². The second kappa shape index (κ2) is 3.67. The normalized spacial score (nSPS) is 22.6. The van der Waals surface area contributed by atoms with Crippen LogP contribution >= 0.6 is 0 Å². The minimum absolute atomic E-state index is 0.126. The second-order valence-corrected chi connectivity index (χ2v) is 3.52. The molecule has 0 aromatic rings. The van der Waals surface area contributed by atoms with Crippen molar-refractivity contribution >= 4 is 6.34 Å². The van der Waals surface area contributed by atoms with E-state index in [2.05, 4.69) is 5.10 Å². The van der Waals surface area contributed by atoms with Gasteiger partial charge < -0.3 is 0 Å². The molecule has 0 amide bonds. The summed E-state index contributed by atoms with van der Waals surface area (Å²) in [5.41, 5.74) is 0. The van der Waals surface area contributed by atoms with E-state index in [0.29, 0.717) is 11.4 Å². The van der Waals surface area contributed by atoms with Gasteiger partial charge in [0.25, 0.3) is 0 Å². The molecule has 1 atom stereocenters. The van der Waals surface area contributed by atoms with Gasteiger partial charge >= 0.3 is 6.30 Å². The Morgan fingerprint density at radius 2 is 2.00 bits per heavy atom. The summed E-state index contributed by atoms with van der Waals surface area (Å²) in [7, 11) is 0. The predicted octanol–water partition coefficient (Wildman–Crippen LogP) is 2.07. The highest BCUT2D eigenvalue weighted by Crippen LogP contribution is 2.30. The first-order valence-electron chi connectivity index (χ1n) is 4.53. The van der Waals surface area contributed by atoms with Crippen LogP contribution < -0.4 is 0 Å². The minimum Gasteiger partial charge on any atom is -0.273 e. The van der Waals surface area contributed by atoms with Crippen LogP contribution in [0.25, 0.3) is 0 Å². The third-order valence-electron chi connectivity index (χ3n) is 2.13. The van der Waals surface area contributed by atoms with Crippen molar-refractivity contribution in [1.82, 2.24) is 9.91 Å². The van der Waals surface area contributed by atoms with E-state index >= 15 is 0 Å². The first kappa shape index (κ1) is 11.1. The molecule has 0 aromatic heterocycles. The molecule has 1 aliphatic heterocycles. The summed E-state index contributed by atoms with van der Waals surface area (Å²) in [5, 5.41) is 5.16. The maximum absolute atomic E-state index is 12.5. The highest BCUT2D eigenvalue weighted by Gasteiger charge is 2.46. The summed E-state index contributed by atoms with van der Waals surface area (Å²) in [5.74, 6) is -0.126. The molecule has 1 heterocycles. The molecule has 82 valence electrons. The van der Waals surface area contributed by atoms with Gasteiger partial charge in [-0.25, -0.2) is 0 Å². The van der Waals surface area contributed by atoms with Crippen LogP contribution in [-0.2, 0) is 0 Å². The Labute approximate surface area is 81.2 Å². The van der Waals surface area contributed by atoms with Gasteiger partial charge in [-0.05, 0) is 12.8 Å². The Morgan fingerprint density at radius 1 is 1.43 bits per heavy atom. The quantitative estimate of drug-likeness (QED) is 0.648. The van der Waals surface area contributed by atoms with Gasteiger partial charge in [0.2, 0.25) is 0 Å². The van der Waals surface area contributed by atoms with Gasteiger partial charge in [0, 0.05) is 6.54 Å². The van der Waals surface area contributed by atoms with Crippen molar-refractivity contribution in [1.29, 1.82) is 0 Å². The summed E-state index contributed by atoms with van der Waals surface area (Å²) >= 11 is 0. The average molecular weight is 209 g/mol. The highest BCUT2D eigenvalue weighted by atomic mass is 19.4. The summed E-state index contributed by atoms with van der Waals surface area (Å²) in [6.45, 7) is 5.76. The molecule has 0 bridgehead atoms. The molecule has 14 heavy (non-hydrogen) atoms. The molecule has 1 unspecified atom stereocenters. The fraction of sp³-hybridized carbons (Fsp3) is 0.875. The lowest BCUT2D eigenvalue weighted by Crippen LogP contribution is -2.49.